The van der Waals surface area contributed by atoms with Crippen LogP contribution in [0.5, 0.6) is 0 Å². The van der Waals surface area contributed by atoms with Gasteiger partial charge in [0.15, 0.2) is 0 Å². The fraction of sp³-hybridized carbons (Fsp3) is 0.294. The molecule has 0 atom stereocenters. The van der Waals surface area contributed by atoms with Crippen LogP contribution < -0.4 is 10.2 Å². The van der Waals surface area contributed by atoms with Crippen LogP contribution in [0.2, 0.25) is 0 Å². The standard InChI is InChI=1S/C17H18FN5S/c18-13-5-3-6-14(11-13)19-12-15-7-4-10-23(15)17-21-20-16(24-17)22-8-1-2-9-22/h3-7,10-11,19H,1-2,8-9,12H2. The van der Waals surface area contributed by atoms with E-state index in [1.165, 1.54) is 25.0 Å². The molecular formula is C17H18FN5S. The molecule has 0 aliphatic carbocycles. The maximum atomic E-state index is 13.3. The third kappa shape index (κ3) is 3.12. The highest BCUT2D eigenvalue weighted by molar-refractivity contribution is 7.17. The molecule has 1 N–H and O–H groups in total. The summed E-state index contributed by atoms with van der Waals surface area (Å²) in [5.74, 6) is -0.241. The zero-order valence-electron chi connectivity index (χ0n) is 13.2. The molecule has 0 spiro atoms. The molecule has 3 aromatic rings. The first-order valence-electron chi connectivity index (χ1n) is 8.04. The third-order valence-electron chi connectivity index (χ3n) is 4.12. The van der Waals surface area contributed by atoms with E-state index in [-0.39, 0.29) is 5.82 Å². The normalized spacial score (nSPS) is 14.3. The molecule has 7 heteroatoms. The van der Waals surface area contributed by atoms with Gasteiger partial charge in [-0.15, -0.1) is 10.2 Å². The van der Waals surface area contributed by atoms with Crippen molar-refractivity contribution in [1.82, 2.24) is 14.8 Å². The fourth-order valence-electron chi connectivity index (χ4n) is 2.88. The molecule has 124 valence electrons. The third-order valence-corrected chi connectivity index (χ3v) is 5.10. The number of benzene rings is 1. The number of hydrogen-bond acceptors (Lipinski definition) is 5. The predicted molar refractivity (Wildman–Crippen MR) is 94.4 cm³/mol. The van der Waals surface area contributed by atoms with Crippen molar-refractivity contribution in [3.8, 4) is 5.13 Å². The zero-order valence-corrected chi connectivity index (χ0v) is 14.0. The van der Waals surface area contributed by atoms with Gasteiger partial charge in [0.2, 0.25) is 10.3 Å². The molecule has 5 nitrogen and oxygen atoms in total. The Bertz CT molecular complexity index is 822. The second-order valence-electron chi connectivity index (χ2n) is 5.79. The topological polar surface area (TPSA) is 46.0 Å². The van der Waals surface area contributed by atoms with Crippen LogP contribution in [-0.2, 0) is 6.54 Å². The Hall–Kier alpha value is -2.41. The summed E-state index contributed by atoms with van der Waals surface area (Å²) in [6.45, 7) is 2.72. The van der Waals surface area contributed by atoms with Gasteiger partial charge in [-0.25, -0.2) is 4.39 Å². The minimum atomic E-state index is -0.241. The summed E-state index contributed by atoms with van der Waals surface area (Å²) < 4.78 is 15.3. The molecule has 0 radical (unpaired) electrons. The van der Waals surface area contributed by atoms with Gasteiger partial charge in [-0.05, 0) is 43.2 Å². The lowest BCUT2D eigenvalue weighted by atomic mass is 10.3. The van der Waals surface area contributed by atoms with Gasteiger partial charge in [0.25, 0.3) is 0 Å². The van der Waals surface area contributed by atoms with E-state index in [0.29, 0.717) is 6.54 Å². The average Bonchev–Trinajstić information content (AvgIpc) is 3.32. The van der Waals surface area contributed by atoms with E-state index in [1.54, 1.807) is 17.4 Å². The molecule has 1 fully saturated rings. The highest BCUT2D eigenvalue weighted by atomic mass is 32.1. The van der Waals surface area contributed by atoms with E-state index in [9.17, 15) is 4.39 Å². The molecule has 0 saturated carbocycles. The lowest BCUT2D eigenvalue weighted by molar-refractivity contribution is 0.628. The second kappa shape index (κ2) is 6.60. The van der Waals surface area contributed by atoms with E-state index in [1.807, 2.05) is 29.0 Å². The SMILES string of the molecule is Fc1cccc(NCc2cccn2-c2nnc(N3CCCC3)s2)c1. The van der Waals surface area contributed by atoms with Gasteiger partial charge < -0.3 is 10.2 Å². The van der Waals surface area contributed by atoms with Crippen LogP contribution in [0.25, 0.3) is 5.13 Å². The first-order valence-corrected chi connectivity index (χ1v) is 8.86. The molecule has 1 saturated heterocycles. The van der Waals surface area contributed by atoms with Crippen LogP contribution in [0, 0.1) is 5.82 Å². The second-order valence-corrected chi connectivity index (χ2v) is 6.73. The summed E-state index contributed by atoms with van der Waals surface area (Å²) in [5.41, 5.74) is 1.82. The minimum absolute atomic E-state index is 0.241. The van der Waals surface area contributed by atoms with E-state index >= 15 is 0 Å². The Morgan fingerprint density at radius 1 is 1.08 bits per heavy atom. The van der Waals surface area contributed by atoms with E-state index in [4.69, 9.17) is 0 Å². The molecular weight excluding hydrogens is 325 g/mol. The van der Waals surface area contributed by atoms with Gasteiger partial charge in [-0.1, -0.05) is 17.4 Å². The van der Waals surface area contributed by atoms with Crippen LogP contribution in [0.3, 0.4) is 0 Å². The largest absolute Gasteiger partial charge is 0.379 e. The van der Waals surface area contributed by atoms with E-state index in [2.05, 4.69) is 20.4 Å². The minimum Gasteiger partial charge on any atom is -0.379 e. The molecule has 0 bridgehead atoms. The van der Waals surface area contributed by atoms with Gasteiger partial charge in [0.05, 0.1) is 6.54 Å². The Morgan fingerprint density at radius 3 is 2.75 bits per heavy atom. The van der Waals surface area contributed by atoms with E-state index in [0.717, 1.165) is 34.7 Å². The summed E-state index contributed by atoms with van der Waals surface area (Å²) in [7, 11) is 0. The predicted octanol–water partition coefficient (Wildman–Crippen LogP) is 3.68. The molecule has 4 rings (SSSR count). The number of halogens is 1. The maximum Gasteiger partial charge on any atom is 0.218 e. The number of rotatable bonds is 5. The monoisotopic (exact) mass is 343 g/mol. The van der Waals surface area contributed by atoms with Crippen LogP contribution in [0.1, 0.15) is 18.5 Å². The Balaban J connectivity index is 1.50. The number of nitrogens with zero attached hydrogens (tertiary/aromatic N) is 4. The molecule has 1 aromatic carbocycles. The lowest BCUT2D eigenvalue weighted by Gasteiger charge is -2.11. The smallest absolute Gasteiger partial charge is 0.218 e. The number of nitrogens with one attached hydrogen (secondary N) is 1. The van der Waals surface area contributed by atoms with Gasteiger partial charge in [-0.2, -0.15) is 0 Å². The van der Waals surface area contributed by atoms with Crippen molar-refractivity contribution in [3.63, 3.8) is 0 Å². The van der Waals surface area contributed by atoms with Crippen LogP contribution in [0.4, 0.5) is 15.2 Å². The summed E-state index contributed by atoms with van der Waals surface area (Å²) >= 11 is 1.61. The van der Waals surface area contributed by atoms with Crippen LogP contribution >= 0.6 is 11.3 Å². The molecule has 24 heavy (non-hydrogen) atoms. The Labute approximate surface area is 143 Å². The van der Waals surface area contributed by atoms with Gasteiger partial charge in [0, 0.05) is 30.7 Å². The number of hydrogen-bond donors (Lipinski definition) is 1. The molecule has 0 amide bonds. The molecule has 1 aliphatic heterocycles. The number of aromatic nitrogens is 3. The van der Waals surface area contributed by atoms with E-state index < -0.39 is 0 Å². The van der Waals surface area contributed by atoms with Crippen LogP contribution in [-0.4, -0.2) is 27.9 Å². The summed E-state index contributed by atoms with van der Waals surface area (Å²) in [6.07, 6.45) is 4.43. The highest BCUT2D eigenvalue weighted by Gasteiger charge is 2.17. The lowest BCUT2D eigenvalue weighted by Crippen LogP contribution is -2.17. The first-order chi connectivity index (χ1) is 11.8. The van der Waals surface area contributed by atoms with Crippen molar-refractivity contribution >= 4 is 22.2 Å². The summed E-state index contributed by atoms with van der Waals surface area (Å²) in [4.78, 5) is 2.29. The molecule has 0 unspecified atom stereocenters. The fourth-order valence-corrected chi connectivity index (χ4v) is 3.79. The summed E-state index contributed by atoms with van der Waals surface area (Å²) in [6, 6.07) is 10.5. The zero-order chi connectivity index (χ0) is 16.4. The highest BCUT2D eigenvalue weighted by Crippen LogP contribution is 2.27. The summed E-state index contributed by atoms with van der Waals surface area (Å²) in [5, 5.41) is 13.8. The Morgan fingerprint density at radius 2 is 1.92 bits per heavy atom. The van der Waals surface area contributed by atoms with Gasteiger partial charge in [0.1, 0.15) is 5.82 Å². The van der Waals surface area contributed by atoms with Crippen molar-refractivity contribution in [3.05, 3.63) is 54.1 Å². The van der Waals surface area contributed by atoms with Crippen molar-refractivity contribution in [2.45, 2.75) is 19.4 Å². The maximum absolute atomic E-state index is 13.3. The average molecular weight is 343 g/mol. The molecule has 2 aromatic heterocycles. The van der Waals surface area contributed by atoms with Gasteiger partial charge in [-0.3, -0.25) is 4.57 Å². The number of anilines is 2. The van der Waals surface area contributed by atoms with Crippen molar-refractivity contribution in [2.75, 3.05) is 23.3 Å². The Kier molecular flexibility index (Phi) is 4.17. The first kappa shape index (κ1) is 15.1. The van der Waals surface area contributed by atoms with Crippen molar-refractivity contribution in [1.29, 1.82) is 0 Å². The molecule has 1 aliphatic rings. The molecule has 3 heterocycles. The van der Waals surface area contributed by atoms with Crippen LogP contribution in [0.15, 0.2) is 42.6 Å². The quantitative estimate of drug-likeness (QED) is 0.768. The van der Waals surface area contributed by atoms with Crippen molar-refractivity contribution < 1.29 is 4.39 Å². The van der Waals surface area contributed by atoms with Gasteiger partial charge >= 0.3 is 0 Å². The van der Waals surface area contributed by atoms with Crippen molar-refractivity contribution in [2.24, 2.45) is 0 Å².